The van der Waals surface area contributed by atoms with Gasteiger partial charge in [0.05, 0.1) is 36.3 Å². The smallest absolute Gasteiger partial charge is 0.338 e. The van der Waals surface area contributed by atoms with Crippen LogP contribution in [0.4, 0.5) is 0 Å². The molecule has 1 fully saturated rings. The van der Waals surface area contributed by atoms with Crippen LogP contribution in [-0.2, 0) is 20.9 Å². The van der Waals surface area contributed by atoms with E-state index < -0.39 is 12.0 Å². The van der Waals surface area contributed by atoms with Crippen molar-refractivity contribution in [3.63, 3.8) is 0 Å². The van der Waals surface area contributed by atoms with Gasteiger partial charge >= 0.3 is 5.97 Å². The second-order valence-electron chi connectivity index (χ2n) is 7.92. The van der Waals surface area contributed by atoms with Crippen LogP contribution in [0.25, 0.3) is 0 Å². The molecule has 178 valence electrons. The van der Waals surface area contributed by atoms with Gasteiger partial charge < -0.3 is 14.2 Å². The molecule has 0 saturated carbocycles. The number of fused-ring (bicyclic) bond motifs is 1. The lowest BCUT2D eigenvalue weighted by molar-refractivity contribution is -0.141. The van der Waals surface area contributed by atoms with Gasteiger partial charge in [0.25, 0.3) is 0 Å². The molecule has 2 aromatic carbocycles. The van der Waals surface area contributed by atoms with Crippen molar-refractivity contribution in [3.8, 4) is 11.5 Å². The molecule has 2 aromatic rings. The summed E-state index contributed by atoms with van der Waals surface area (Å²) in [6.07, 6.45) is 0.672. The van der Waals surface area contributed by atoms with Crippen LogP contribution in [0.1, 0.15) is 44.4 Å². The van der Waals surface area contributed by atoms with Crippen LogP contribution in [0.15, 0.2) is 64.8 Å². The van der Waals surface area contributed by atoms with Crippen molar-refractivity contribution in [3.05, 3.63) is 70.9 Å². The van der Waals surface area contributed by atoms with Gasteiger partial charge in [0.15, 0.2) is 16.7 Å². The molecular formula is C26H28N2O5S. The van der Waals surface area contributed by atoms with E-state index in [9.17, 15) is 9.59 Å². The van der Waals surface area contributed by atoms with Crippen LogP contribution in [-0.4, -0.2) is 40.9 Å². The molecule has 2 aliphatic rings. The lowest BCUT2D eigenvalue weighted by atomic mass is 9.93. The van der Waals surface area contributed by atoms with Gasteiger partial charge in [-0.25, -0.2) is 9.79 Å². The number of benzene rings is 2. The number of thioether (sulfide) groups is 1. The molecule has 2 aliphatic heterocycles. The second-order valence-corrected chi connectivity index (χ2v) is 9.09. The molecule has 2 heterocycles. The predicted molar refractivity (Wildman–Crippen MR) is 132 cm³/mol. The minimum absolute atomic E-state index is 0.0649. The molecule has 0 radical (unpaired) electrons. The molecule has 7 nitrogen and oxygen atoms in total. The number of amides is 1. The zero-order chi connectivity index (χ0) is 24.2. The van der Waals surface area contributed by atoms with Gasteiger partial charge in [-0.3, -0.25) is 9.69 Å². The summed E-state index contributed by atoms with van der Waals surface area (Å²) in [5, 5.41) is 0.366. The molecule has 2 atom stereocenters. The molecule has 8 heteroatoms. The number of hydrogen-bond donors (Lipinski definition) is 0. The van der Waals surface area contributed by atoms with Crippen LogP contribution in [0, 0.1) is 0 Å². The molecule has 1 saturated heterocycles. The lowest BCUT2D eigenvalue weighted by Gasteiger charge is -2.33. The molecule has 0 aromatic heterocycles. The number of esters is 1. The Morgan fingerprint density at radius 3 is 2.56 bits per heavy atom. The van der Waals surface area contributed by atoms with E-state index in [-0.39, 0.29) is 17.8 Å². The predicted octanol–water partition coefficient (Wildman–Crippen LogP) is 4.88. The summed E-state index contributed by atoms with van der Waals surface area (Å²) in [6, 6.07) is 14.3. The highest BCUT2D eigenvalue weighted by atomic mass is 32.2. The van der Waals surface area contributed by atoms with Crippen molar-refractivity contribution < 1.29 is 23.8 Å². The van der Waals surface area contributed by atoms with E-state index in [2.05, 4.69) is 4.99 Å². The number of carbonyl (C=O) groups excluding carboxylic acids is 2. The van der Waals surface area contributed by atoms with Gasteiger partial charge in [-0.1, -0.05) is 55.1 Å². The first-order valence-electron chi connectivity index (χ1n) is 11.3. The SMILES string of the molecule is CCOc1ccc([C@H]2C(C(=O)OCc3ccccc3)=C(C)N=C3S[C@H](CC)C(=O)N32)cc1OC. The molecule has 34 heavy (non-hydrogen) atoms. The van der Waals surface area contributed by atoms with Crippen LogP contribution < -0.4 is 9.47 Å². The average Bonchev–Trinajstić information content (AvgIpc) is 3.17. The molecule has 0 spiro atoms. The Labute approximate surface area is 203 Å². The maximum atomic E-state index is 13.4. The van der Waals surface area contributed by atoms with Gasteiger partial charge in [-0.2, -0.15) is 0 Å². The highest BCUT2D eigenvalue weighted by Crippen LogP contribution is 2.45. The van der Waals surface area contributed by atoms with Crippen molar-refractivity contribution in [2.45, 2.75) is 45.1 Å². The third-order valence-electron chi connectivity index (χ3n) is 5.76. The molecule has 4 rings (SSSR count). The van der Waals surface area contributed by atoms with Crippen molar-refractivity contribution >= 4 is 28.8 Å². The number of nitrogens with zero attached hydrogens (tertiary/aromatic N) is 2. The first kappa shape index (κ1) is 23.9. The fraction of sp³-hybridized carbons (Fsp3) is 0.346. The lowest BCUT2D eigenvalue weighted by Crippen LogP contribution is -2.40. The van der Waals surface area contributed by atoms with Gasteiger partial charge in [0.2, 0.25) is 5.91 Å². The van der Waals surface area contributed by atoms with E-state index in [0.29, 0.717) is 41.0 Å². The maximum absolute atomic E-state index is 13.4. The third kappa shape index (κ3) is 4.55. The summed E-state index contributed by atoms with van der Waals surface area (Å²) in [4.78, 5) is 33.0. The molecule has 0 bridgehead atoms. The van der Waals surface area contributed by atoms with Crippen molar-refractivity contribution in [1.29, 1.82) is 0 Å². The summed E-state index contributed by atoms with van der Waals surface area (Å²) in [5.74, 6) is 0.565. The van der Waals surface area contributed by atoms with E-state index >= 15 is 0 Å². The van der Waals surface area contributed by atoms with E-state index in [1.54, 1.807) is 25.0 Å². The fourth-order valence-corrected chi connectivity index (χ4v) is 5.23. The topological polar surface area (TPSA) is 77.4 Å². The number of hydrogen-bond acceptors (Lipinski definition) is 7. The van der Waals surface area contributed by atoms with Crippen LogP contribution >= 0.6 is 11.8 Å². The maximum Gasteiger partial charge on any atom is 0.338 e. The fourth-order valence-electron chi connectivity index (χ4n) is 4.10. The Balaban J connectivity index is 1.74. The highest BCUT2D eigenvalue weighted by Gasteiger charge is 2.47. The Hall–Kier alpha value is -3.26. The number of rotatable bonds is 8. The number of ether oxygens (including phenoxy) is 3. The summed E-state index contributed by atoms with van der Waals surface area (Å²) < 4.78 is 16.9. The van der Waals surface area contributed by atoms with Gasteiger partial charge in [0.1, 0.15) is 6.61 Å². The number of amidine groups is 1. The number of allylic oxidation sites excluding steroid dienone is 1. The Bertz CT molecular complexity index is 1150. The van der Waals surface area contributed by atoms with E-state index in [0.717, 1.165) is 11.1 Å². The zero-order valence-electron chi connectivity index (χ0n) is 19.7. The zero-order valence-corrected chi connectivity index (χ0v) is 20.6. The van der Waals surface area contributed by atoms with E-state index in [1.165, 1.54) is 11.8 Å². The van der Waals surface area contributed by atoms with Crippen LogP contribution in [0.5, 0.6) is 11.5 Å². The normalized spacial score (nSPS) is 19.6. The van der Waals surface area contributed by atoms with E-state index in [1.807, 2.05) is 56.3 Å². The summed E-state index contributed by atoms with van der Waals surface area (Å²) >= 11 is 1.43. The average molecular weight is 481 g/mol. The monoisotopic (exact) mass is 480 g/mol. The van der Waals surface area contributed by atoms with Crippen molar-refractivity contribution in [2.75, 3.05) is 13.7 Å². The van der Waals surface area contributed by atoms with Gasteiger partial charge in [0, 0.05) is 0 Å². The van der Waals surface area contributed by atoms with Gasteiger partial charge in [-0.15, -0.1) is 0 Å². The van der Waals surface area contributed by atoms with Crippen molar-refractivity contribution in [1.82, 2.24) is 4.90 Å². The van der Waals surface area contributed by atoms with Crippen molar-refractivity contribution in [2.24, 2.45) is 4.99 Å². The number of aliphatic imine (C=N–C) groups is 1. The van der Waals surface area contributed by atoms with E-state index in [4.69, 9.17) is 14.2 Å². The Morgan fingerprint density at radius 2 is 1.88 bits per heavy atom. The standard InChI is InChI=1S/C26H28N2O5S/c1-5-21-24(29)28-23(18-12-13-19(32-6-2)20(14-18)31-4)22(16(3)27-26(28)34-21)25(30)33-15-17-10-8-7-9-11-17/h7-14,21,23H,5-6,15H2,1-4H3/t21-,23+/m1/s1. The minimum Gasteiger partial charge on any atom is -0.493 e. The molecule has 0 N–H and O–H groups in total. The first-order valence-corrected chi connectivity index (χ1v) is 12.2. The first-order chi connectivity index (χ1) is 16.5. The minimum atomic E-state index is -0.670. The number of methoxy groups -OCH3 is 1. The van der Waals surface area contributed by atoms with Gasteiger partial charge in [-0.05, 0) is 43.5 Å². The highest BCUT2D eigenvalue weighted by molar-refractivity contribution is 8.15. The molecule has 1 amide bonds. The Morgan fingerprint density at radius 1 is 1.12 bits per heavy atom. The Kier molecular flexibility index (Phi) is 7.26. The third-order valence-corrected chi connectivity index (χ3v) is 7.08. The van der Waals surface area contributed by atoms with Crippen LogP contribution in [0.2, 0.25) is 0 Å². The summed E-state index contributed by atoms with van der Waals surface area (Å²) in [7, 11) is 1.56. The summed E-state index contributed by atoms with van der Waals surface area (Å²) in [6.45, 7) is 6.28. The molecular weight excluding hydrogens is 452 g/mol. The molecule has 0 aliphatic carbocycles. The summed E-state index contributed by atoms with van der Waals surface area (Å²) in [5.41, 5.74) is 2.49. The second kappa shape index (κ2) is 10.3. The quantitative estimate of drug-likeness (QED) is 0.502. The molecule has 0 unspecified atom stereocenters. The van der Waals surface area contributed by atoms with Crippen LogP contribution in [0.3, 0.4) is 0 Å². The number of carbonyl (C=O) groups is 2. The largest absolute Gasteiger partial charge is 0.493 e.